The van der Waals surface area contributed by atoms with Crippen LogP contribution in [0, 0.1) is 5.41 Å². The summed E-state index contributed by atoms with van der Waals surface area (Å²) >= 11 is 16.8. The summed E-state index contributed by atoms with van der Waals surface area (Å²) in [4.78, 5) is 18.0. The maximum atomic E-state index is 13.1. The van der Waals surface area contributed by atoms with Crippen molar-refractivity contribution in [2.24, 2.45) is 10.4 Å². The van der Waals surface area contributed by atoms with Crippen molar-refractivity contribution in [1.82, 2.24) is 5.32 Å². The van der Waals surface area contributed by atoms with Gasteiger partial charge in [-0.25, -0.2) is 4.99 Å². The normalized spacial score (nSPS) is 16.8. The third-order valence-electron chi connectivity index (χ3n) is 8.91. The zero-order chi connectivity index (χ0) is 31.6. The number of benzene rings is 4. The van der Waals surface area contributed by atoms with Gasteiger partial charge in [0.2, 0.25) is 0 Å². The Morgan fingerprint density at radius 2 is 1.67 bits per heavy atom. The average Bonchev–Trinajstić information content (AvgIpc) is 3.38. The molecule has 1 atom stereocenters. The van der Waals surface area contributed by atoms with Gasteiger partial charge in [0.15, 0.2) is 0 Å². The van der Waals surface area contributed by atoms with Crippen LogP contribution in [0.3, 0.4) is 0 Å². The molecule has 3 N–H and O–H groups in total. The van der Waals surface area contributed by atoms with Gasteiger partial charge < -0.3 is 16.0 Å². The lowest BCUT2D eigenvalue weighted by Crippen LogP contribution is -2.30. The highest BCUT2D eigenvalue weighted by Crippen LogP contribution is 2.44. The summed E-state index contributed by atoms with van der Waals surface area (Å²) < 4.78 is 0.902. The number of halogens is 3. The molecule has 1 aliphatic heterocycles. The molecule has 6 rings (SSSR count). The van der Waals surface area contributed by atoms with Crippen LogP contribution in [-0.2, 0) is 6.54 Å². The van der Waals surface area contributed by atoms with Gasteiger partial charge in [0.25, 0.3) is 5.91 Å². The number of fused-ring (bicyclic) bond motifs is 1. The minimum Gasteiger partial charge on any atom is -0.384 e. The minimum absolute atomic E-state index is 0.136. The lowest BCUT2D eigenvalue weighted by molar-refractivity contribution is 0.102. The molecule has 0 bridgehead atoms. The zero-order valence-electron chi connectivity index (χ0n) is 25.1. The average molecular weight is 703 g/mol. The highest BCUT2D eigenvalue weighted by atomic mass is 79.9. The molecule has 1 aliphatic carbocycles. The molecule has 0 radical (unpaired) electrons. The van der Waals surface area contributed by atoms with Crippen LogP contribution < -0.4 is 16.0 Å². The molecule has 0 spiro atoms. The third kappa shape index (κ3) is 6.99. The van der Waals surface area contributed by atoms with Crippen molar-refractivity contribution in [3.05, 3.63) is 134 Å². The minimum atomic E-state index is -0.241. The van der Waals surface area contributed by atoms with E-state index in [0.29, 0.717) is 27.8 Å². The number of nitrogens with one attached hydrogen (secondary N) is 3. The van der Waals surface area contributed by atoms with Crippen LogP contribution >= 0.6 is 39.1 Å². The summed E-state index contributed by atoms with van der Waals surface area (Å²) in [5, 5.41) is 11.1. The fourth-order valence-electron chi connectivity index (χ4n) is 6.20. The van der Waals surface area contributed by atoms with E-state index in [4.69, 9.17) is 28.2 Å². The maximum Gasteiger partial charge on any atom is 0.255 e. The number of rotatable bonds is 8. The van der Waals surface area contributed by atoms with Crippen LogP contribution in [-0.4, -0.2) is 11.7 Å². The largest absolute Gasteiger partial charge is 0.384 e. The van der Waals surface area contributed by atoms with E-state index in [1.165, 1.54) is 32.1 Å². The highest BCUT2D eigenvalue weighted by molar-refractivity contribution is 9.10. The quantitative estimate of drug-likeness (QED) is 0.171. The Balaban J connectivity index is 1.25. The number of hydrogen-bond donors (Lipinski definition) is 3. The monoisotopic (exact) mass is 700 g/mol. The van der Waals surface area contributed by atoms with Crippen molar-refractivity contribution >= 4 is 67.9 Å². The molecule has 0 aromatic heterocycles. The second kappa shape index (κ2) is 13.4. The fourth-order valence-corrected chi connectivity index (χ4v) is 6.83. The molecular formula is C37H35BrCl2N4O. The number of nitrogens with zero attached hydrogens (tertiary/aromatic N) is 1. The van der Waals surface area contributed by atoms with E-state index in [0.717, 1.165) is 44.1 Å². The van der Waals surface area contributed by atoms with Gasteiger partial charge in [-0.15, -0.1) is 0 Å². The molecule has 230 valence electrons. The molecule has 8 heteroatoms. The van der Waals surface area contributed by atoms with Crippen LogP contribution in [0.25, 0.3) is 0 Å². The first-order valence-electron chi connectivity index (χ1n) is 15.2. The molecule has 1 amide bonds. The second-order valence-electron chi connectivity index (χ2n) is 12.1. The number of aliphatic imine (C=N–C) groups is 1. The van der Waals surface area contributed by atoms with Gasteiger partial charge in [-0.3, -0.25) is 4.79 Å². The van der Waals surface area contributed by atoms with Gasteiger partial charge in [0.05, 0.1) is 33.0 Å². The molecular weight excluding hydrogens is 667 g/mol. The van der Waals surface area contributed by atoms with E-state index in [1.807, 2.05) is 48.5 Å². The van der Waals surface area contributed by atoms with Gasteiger partial charge in [-0.2, -0.15) is 0 Å². The predicted molar refractivity (Wildman–Crippen MR) is 191 cm³/mol. The molecule has 45 heavy (non-hydrogen) atoms. The summed E-state index contributed by atoms with van der Waals surface area (Å²) in [5.41, 5.74) is 6.90. The SMILES string of the molecule is C=C(NCc1ccc(Cl)c(NC2=Nc3cc(Cl)c(NC(=O)c4ccc(Br)cc4)cc3C2c2ccccc2)c1)C1(C)CCCCC1. The van der Waals surface area contributed by atoms with Gasteiger partial charge >= 0.3 is 0 Å². The number of carbonyl (C=O) groups is 1. The summed E-state index contributed by atoms with van der Waals surface area (Å²) in [6, 6.07) is 27.1. The van der Waals surface area contributed by atoms with Crippen molar-refractivity contribution < 1.29 is 4.79 Å². The van der Waals surface area contributed by atoms with Crippen LogP contribution in [0.5, 0.6) is 0 Å². The first-order chi connectivity index (χ1) is 21.7. The summed E-state index contributed by atoms with van der Waals surface area (Å²) in [6.45, 7) is 7.37. The smallest absolute Gasteiger partial charge is 0.255 e. The fraction of sp³-hybridized carbons (Fsp3) is 0.243. The molecule has 4 aromatic rings. The number of amidine groups is 1. The Morgan fingerprint density at radius 3 is 2.40 bits per heavy atom. The number of amides is 1. The molecule has 1 saturated carbocycles. The lowest BCUT2D eigenvalue weighted by Gasteiger charge is -2.36. The van der Waals surface area contributed by atoms with Crippen molar-refractivity contribution in [1.29, 1.82) is 0 Å². The topological polar surface area (TPSA) is 65.5 Å². The highest BCUT2D eigenvalue weighted by Gasteiger charge is 2.32. The second-order valence-corrected chi connectivity index (χ2v) is 13.8. The first-order valence-corrected chi connectivity index (χ1v) is 16.8. The van der Waals surface area contributed by atoms with E-state index in [9.17, 15) is 4.79 Å². The Labute approximate surface area is 283 Å². The molecule has 2 aliphatic rings. The van der Waals surface area contributed by atoms with Crippen LogP contribution in [0.4, 0.5) is 17.1 Å². The lowest BCUT2D eigenvalue weighted by atomic mass is 9.73. The molecule has 1 unspecified atom stereocenters. The number of allylic oxidation sites excluding steroid dienone is 1. The van der Waals surface area contributed by atoms with Gasteiger partial charge in [-0.1, -0.05) is 108 Å². The Bertz CT molecular complexity index is 1770. The third-order valence-corrected chi connectivity index (χ3v) is 10.1. The van der Waals surface area contributed by atoms with E-state index in [1.54, 1.807) is 18.2 Å². The van der Waals surface area contributed by atoms with Gasteiger partial charge in [0.1, 0.15) is 5.84 Å². The Kier molecular flexibility index (Phi) is 9.36. The maximum absolute atomic E-state index is 13.1. The Hall–Kier alpha value is -3.58. The van der Waals surface area contributed by atoms with Crippen LogP contribution in [0.1, 0.15) is 72.0 Å². The first kappa shape index (κ1) is 31.4. The number of anilines is 2. The molecule has 5 nitrogen and oxygen atoms in total. The van der Waals surface area contributed by atoms with Crippen LogP contribution in [0.15, 0.2) is 107 Å². The molecule has 0 saturated heterocycles. The standard InChI is InChI=1S/C37H35BrCl2N4O/c1-23(37(2)17-7-4-8-18-37)41-22-24-11-16-29(39)32(19-24)43-35-34(25-9-5-3-6-10-25)28-20-33(30(40)21-31(28)42-35)44-36(45)26-12-14-27(38)15-13-26/h3,5-6,9-16,19-21,34,41H,1,4,7-8,17-18,22H2,2H3,(H,42,43)(H,44,45). The van der Waals surface area contributed by atoms with Crippen molar-refractivity contribution in [2.45, 2.75) is 51.5 Å². The van der Waals surface area contributed by atoms with Crippen LogP contribution in [0.2, 0.25) is 10.0 Å². The molecule has 1 fully saturated rings. The Morgan fingerprint density at radius 1 is 0.933 bits per heavy atom. The van der Waals surface area contributed by atoms with E-state index < -0.39 is 0 Å². The molecule has 1 heterocycles. The summed E-state index contributed by atoms with van der Waals surface area (Å²) in [7, 11) is 0. The van der Waals surface area contributed by atoms with E-state index in [2.05, 4.69) is 63.6 Å². The van der Waals surface area contributed by atoms with Gasteiger partial charge in [0, 0.05) is 27.7 Å². The predicted octanol–water partition coefficient (Wildman–Crippen LogP) is 10.9. The number of hydrogen-bond acceptors (Lipinski definition) is 4. The summed E-state index contributed by atoms with van der Waals surface area (Å²) in [6.07, 6.45) is 6.16. The van der Waals surface area contributed by atoms with Gasteiger partial charge in [-0.05, 0) is 78.1 Å². The van der Waals surface area contributed by atoms with E-state index >= 15 is 0 Å². The van der Waals surface area contributed by atoms with E-state index in [-0.39, 0.29) is 17.2 Å². The van der Waals surface area contributed by atoms with Crippen molar-refractivity contribution in [3.8, 4) is 0 Å². The molecule has 4 aromatic carbocycles. The van der Waals surface area contributed by atoms with Crippen molar-refractivity contribution in [2.75, 3.05) is 10.6 Å². The number of carbonyl (C=O) groups excluding carboxylic acids is 1. The summed E-state index contributed by atoms with van der Waals surface area (Å²) in [5.74, 6) is 0.274. The zero-order valence-corrected chi connectivity index (χ0v) is 28.2. The van der Waals surface area contributed by atoms with Crippen molar-refractivity contribution in [3.63, 3.8) is 0 Å².